The number of hydrogen-bond acceptors (Lipinski definition) is 5. The van der Waals surface area contributed by atoms with E-state index in [0.717, 1.165) is 0 Å². The first-order chi connectivity index (χ1) is 7.65. The molecule has 1 aliphatic rings. The highest BCUT2D eigenvalue weighted by Gasteiger charge is 2.27. The highest BCUT2D eigenvalue weighted by Crippen LogP contribution is 2.07. The van der Waals surface area contributed by atoms with Crippen LogP contribution in [0, 0.1) is 0 Å². The maximum absolute atomic E-state index is 11.0. The number of carbonyl (C=O) groups is 1. The number of nitrogens with zero attached hydrogens (tertiary/aromatic N) is 2. The molecule has 0 aliphatic carbocycles. The summed E-state index contributed by atoms with van der Waals surface area (Å²) in [5.41, 5.74) is 0.710. The van der Waals surface area contributed by atoms with Crippen LogP contribution in [-0.4, -0.2) is 39.9 Å². The molecule has 2 heterocycles. The number of hydrogen-bond donors (Lipinski definition) is 2. The van der Waals surface area contributed by atoms with Crippen molar-refractivity contribution < 1.29 is 19.4 Å². The minimum Gasteiger partial charge on any atom is -0.480 e. The molecule has 0 amide bonds. The first kappa shape index (κ1) is 11.1. The molecule has 1 saturated heterocycles. The van der Waals surface area contributed by atoms with Crippen molar-refractivity contribution >= 4 is 5.97 Å². The first-order valence-electron chi connectivity index (χ1n) is 4.84. The van der Waals surface area contributed by atoms with Gasteiger partial charge in [-0.3, -0.25) is 10.1 Å². The van der Waals surface area contributed by atoms with E-state index >= 15 is 0 Å². The Morgan fingerprint density at radius 1 is 1.81 bits per heavy atom. The van der Waals surface area contributed by atoms with Crippen molar-refractivity contribution in [1.29, 1.82) is 0 Å². The van der Waals surface area contributed by atoms with E-state index in [9.17, 15) is 4.79 Å². The molecule has 7 heteroatoms. The Balaban J connectivity index is 1.93. The summed E-state index contributed by atoms with van der Waals surface area (Å²) in [5, 5.41) is 11.7. The Bertz CT molecular complexity index is 375. The van der Waals surface area contributed by atoms with Gasteiger partial charge in [-0.2, -0.15) is 0 Å². The van der Waals surface area contributed by atoms with E-state index in [1.165, 1.54) is 0 Å². The quantitative estimate of drug-likeness (QED) is 0.691. The Hall–Kier alpha value is -1.44. The third-order valence-electron chi connectivity index (χ3n) is 2.25. The minimum atomic E-state index is -0.954. The van der Waals surface area contributed by atoms with Gasteiger partial charge in [-0.25, -0.2) is 4.98 Å². The predicted octanol–water partition coefficient (Wildman–Crippen LogP) is -0.707. The number of carboxylic acids is 1. The van der Waals surface area contributed by atoms with Gasteiger partial charge in [0, 0.05) is 19.7 Å². The molecule has 2 rings (SSSR count). The summed E-state index contributed by atoms with van der Waals surface area (Å²) in [6.07, 6.45) is 3.08. The van der Waals surface area contributed by atoms with Gasteiger partial charge >= 0.3 is 5.97 Å². The summed E-state index contributed by atoms with van der Waals surface area (Å²) in [6, 6.07) is -0.764. The topological polar surface area (TPSA) is 85.6 Å². The standard InChI is InChI=1S/C9H13N3O4/c1-12-3-6(10-4-12)2-7(8(13)14)11-9-15-5-16-9/h3-4,7,9,11H,2,5H2,1H3,(H,13,14)/t7-/m0/s1. The van der Waals surface area contributed by atoms with E-state index in [-0.39, 0.29) is 6.79 Å². The number of aromatic nitrogens is 2. The Kier molecular flexibility index (Phi) is 3.18. The average Bonchev–Trinajstić information content (AvgIpc) is 2.55. The van der Waals surface area contributed by atoms with Crippen LogP contribution in [0.2, 0.25) is 0 Å². The van der Waals surface area contributed by atoms with Crippen molar-refractivity contribution in [2.75, 3.05) is 6.79 Å². The lowest BCUT2D eigenvalue weighted by molar-refractivity contribution is -0.335. The fourth-order valence-electron chi connectivity index (χ4n) is 1.40. The first-order valence-corrected chi connectivity index (χ1v) is 4.84. The molecule has 0 spiro atoms. The van der Waals surface area contributed by atoms with Gasteiger partial charge in [0.25, 0.3) is 0 Å². The van der Waals surface area contributed by atoms with Gasteiger partial charge in [0.15, 0.2) is 6.79 Å². The van der Waals surface area contributed by atoms with E-state index in [2.05, 4.69) is 10.3 Å². The molecule has 7 nitrogen and oxygen atoms in total. The Labute approximate surface area is 92.0 Å². The summed E-state index contributed by atoms with van der Waals surface area (Å²) in [7, 11) is 1.83. The van der Waals surface area contributed by atoms with Crippen molar-refractivity contribution in [1.82, 2.24) is 14.9 Å². The van der Waals surface area contributed by atoms with Crippen molar-refractivity contribution in [2.24, 2.45) is 7.05 Å². The van der Waals surface area contributed by atoms with E-state index < -0.39 is 18.4 Å². The van der Waals surface area contributed by atoms with Gasteiger partial charge < -0.3 is 19.1 Å². The lowest BCUT2D eigenvalue weighted by Crippen LogP contribution is -2.52. The summed E-state index contributed by atoms with van der Waals surface area (Å²) >= 11 is 0. The molecule has 0 saturated carbocycles. The fraction of sp³-hybridized carbons (Fsp3) is 0.556. The van der Waals surface area contributed by atoms with Gasteiger partial charge in [0.2, 0.25) is 6.41 Å². The molecule has 2 N–H and O–H groups in total. The van der Waals surface area contributed by atoms with E-state index in [0.29, 0.717) is 12.1 Å². The van der Waals surface area contributed by atoms with Gasteiger partial charge in [-0.1, -0.05) is 0 Å². The highest BCUT2D eigenvalue weighted by molar-refractivity contribution is 5.73. The van der Waals surface area contributed by atoms with Gasteiger partial charge in [-0.05, 0) is 0 Å². The van der Waals surface area contributed by atoms with Crippen molar-refractivity contribution in [2.45, 2.75) is 18.9 Å². The monoisotopic (exact) mass is 227 g/mol. The second-order valence-electron chi connectivity index (χ2n) is 3.58. The second-order valence-corrected chi connectivity index (χ2v) is 3.58. The zero-order chi connectivity index (χ0) is 11.5. The van der Waals surface area contributed by atoms with E-state index in [4.69, 9.17) is 14.6 Å². The Morgan fingerprint density at radius 2 is 2.56 bits per heavy atom. The minimum absolute atomic E-state index is 0.202. The van der Waals surface area contributed by atoms with Gasteiger partial charge in [-0.15, -0.1) is 0 Å². The van der Waals surface area contributed by atoms with Crippen molar-refractivity contribution in [3.8, 4) is 0 Å². The summed E-state index contributed by atoms with van der Waals surface area (Å²) < 4.78 is 11.6. The van der Waals surface area contributed by atoms with E-state index in [1.807, 2.05) is 7.05 Å². The maximum Gasteiger partial charge on any atom is 0.321 e. The van der Waals surface area contributed by atoms with Crippen molar-refractivity contribution in [3.05, 3.63) is 18.2 Å². The third kappa shape index (κ3) is 2.57. The van der Waals surface area contributed by atoms with Crippen LogP contribution in [0.4, 0.5) is 0 Å². The highest BCUT2D eigenvalue weighted by atomic mass is 16.9. The molecule has 0 unspecified atom stereocenters. The lowest BCUT2D eigenvalue weighted by Gasteiger charge is -2.29. The van der Waals surface area contributed by atoms with Crippen LogP contribution in [0.1, 0.15) is 5.69 Å². The number of rotatable bonds is 5. The molecule has 88 valence electrons. The number of carboxylic acid groups (broad SMARTS) is 1. The number of aryl methyl sites for hydroxylation is 1. The molecular formula is C9H13N3O4. The van der Waals surface area contributed by atoms with Crippen LogP contribution in [-0.2, 0) is 27.7 Å². The number of aliphatic carboxylic acids is 1. The SMILES string of the molecule is Cn1cnc(C[C@H](NC2OCO2)C(=O)O)c1. The summed E-state index contributed by atoms with van der Waals surface area (Å²) in [4.78, 5) is 15.0. The van der Waals surface area contributed by atoms with E-state index in [1.54, 1.807) is 17.1 Å². The molecule has 0 aromatic carbocycles. The smallest absolute Gasteiger partial charge is 0.321 e. The van der Waals surface area contributed by atoms with Gasteiger partial charge in [0.1, 0.15) is 6.04 Å². The number of imidazole rings is 1. The largest absolute Gasteiger partial charge is 0.480 e. The summed E-state index contributed by atoms with van der Waals surface area (Å²) in [6.45, 7) is 0.202. The average molecular weight is 227 g/mol. The predicted molar refractivity (Wildman–Crippen MR) is 52.3 cm³/mol. The van der Waals surface area contributed by atoms with Crippen LogP contribution >= 0.6 is 0 Å². The zero-order valence-electron chi connectivity index (χ0n) is 8.79. The Morgan fingerprint density at radius 3 is 3.00 bits per heavy atom. The van der Waals surface area contributed by atoms with Gasteiger partial charge in [0.05, 0.1) is 12.0 Å². The van der Waals surface area contributed by atoms with Crippen LogP contribution < -0.4 is 5.32 Å². The van der Waals surface area contributed by atoms with Crippen LogP contribution in [0.3, 0.4) is 0 Å². The third-order valence-corrected chi connectivity index (χ3v) is 2.25. The molecule has 16 heavy (non-hydrogen) atoms. The zero-order valence-corrected chi connectivity index (χ0v) is 8.79. The molecular weight excluding hydrogens is 214 g/mol. The second kappa shape index (κ2) is 4.60. The number of ether oxygens (including phenoxy) is 2. The maximum atomic E-state index is 11.0. The molecule has 1 aromatic rings. The van der Waals surface area contributed by atoms with Crippen molar-refractivity contribution in [3.63, 3.8) is 0 Å². The fourth-order valence-corrected chi connectivity index (χ4v) is 1.40. The summed E-state index contributed by atoms with van der Waals surface area (Å²) in [5.74, 6) is -0.954. The molecule has 1 aliphatic heterocycles. The molecule has 0 radical (unpaired) electrons. The lowest BCUT2D eigenvalue weighted by atomic mass is 10.2. The number of nitrogens with one attached hydrogen (secondary N) is 1. The van der Waals surface area contributed by atoms with Crippen LogP contribution in [0.15, 0.2) is 12.5 Å². The molecule has 1 fully saturated rings. The molecule has 0 bridgehead atoms. The normalized spacial score (nSPS) is 18.1. The molecule has 1 aromatic heterocycles. The van der Waals surface area contributed by atoms with Crippen LogP contribution in [0.25, 0.3) is 0 Å². The molecule has 1 atom stereocenters. The van der Waals surface area contributed by atoms with Crippen LogP contribution in [0.5, 0.6) is 0 Å².